The molecular formula is C8H17NO2. The molecule has 3 heteroatoms. The molecule has 0 bridgehead atoms. The first-order chi connectivity index (χ1) is 5.17. The van der Waals surface area contributed by atoms with Crippen molar-refractivity contribution in [3.8, 4) is 0 Å². The van der Waals surface area contributed by atoms with Crippen LogP contribution in [0.5, 0.6) is 0 Å². The second kappa shape index (κ2) is 3.52. The van der Waals surface area contributed by atoms with Crippen LogP contribution in [0.4, 0.5) is 0 Å². The highest BCUT2D eigenvalue weighted by atomic mass is 16.5. The van der Waals surface area contributed by atoms with Crippen molar-refractivity contribution in [1.29, 1.82) is 0 Å². The average Bonchev–Trinajstić information content (AvgIpc) is 2.06. The fourth-order valence-electron chi connectivity index (χ4n) is 1.19. The van der Waals surface area contributed by atoms with E-state index in [2.05, 4.69) is 5.32 Å². The Kier molecular flexibility index (Phi) is 2.87. The Labute approximate surface area is 67.7 Å². The molecule has 2 atom stereocenters. The van der Waals surface area contributed by atoms with Crippen molar-refractivity contribution >= 4 is 0 Å². The van der Waals surface area contributed by atoms with Crippen molar-refractivity contribution < 1.29 is 9.84 Å². The standard InChI is InChI=1S/C8H17NO2/c1-3-8(2,10)7-6-9-4-5-11-7/h7,9-10H,3-6H2,1-2H3. The molecule has 0 saturated carbocycles. The van der Waals surface area contributed by atoms with Gasteiger partial charge in [-0.05, 0) is 13.3 Å². The molecule has 0 aromatic carbocycles. The zero-order valence-electron chi connectivity index (χ0n) is 7.26. The molecule has 3 nitrogen and oxygen atoms in total. The second-order valence-corrected chi connectivity index (χ2v) is 3.27. The van der Waals surface area contributed by atoms with E-state index in [0.717, 1.165) is 19.5 Å². The Bertz CT molecular complexity index is 119. The van der Waals surface area contributed by atoms with Gasteiger partial charge in [0.1, 0.15) is 0 Å². The van der Waals surface area contributed by atoms with E-state index in [-0.39, 0.29) is 6.10 Å². The summed E-state index contributed by atoms with van der Waals surface area (Å²) in [7, 11) is 0. The van der Waals surface area contributed by atoms with E-state index in [9.17, 15) is 5.11 Å². The largest absolute Gasteiger partial charge is 0.387 e. The number of rotatable bonds is 2. The zero-order chi connectivity index (χ0) is 8.32. The van der Waals surface area contributed by atoms with Gasteiger partial charge in [0.2, 0.25) is 0 Å². The third kappa shape index (κ3) is 2.15. The van der Waals surface area contributed by atoms with Crippen molar-refractivity contribution in [1.82, 2.24) is 5.32 Å². The van der Waals surface area contributed by atoms with E-state index in [1.54, 1.807) is 0 Å². The third-order valence-electron chi connectivity index (χ3n) is 2.34. The summed E-state index contributed by atoms with van der Waals surface area (Å²) < 4.78 is 5.42. The van der Waals surface area contributed by atoms with E-state index in [1.807, 2.05) is 13.8 Å². The van der Waals surface area contributed by atoms with Crippen LogP contribution >= 0.6 is 0 Å². The van der Waals surface area contributed by atoms with Crippen LogP contribution in [0.3, 0.4) is 0 Å². The average molecular weight is 159 g/mol. The lowest BCUT2D eigenvalue weighted by molar-refractivity contribution is -0.110. The molecule has 0 amide bonds. The number of morpholine rings is 1. The summed E-state index contributed by atoms with van der Waals surface area (Å²) in [5.74, 6) is 0. The predicted molar refractivity (Wildman–Crippen MR) is 43.5 cm³/mol. The summed E-state index contributed by atoms with van der Waals surface area (Å²) in [4.78, 5) is 0. The van der Waals surface area contributed by atoms with Crippen LogP contribution in [0.2, 0.25) is 0 Å². The zero-order valence-corrected chi connectivity index (χ0v) is 7.26. The monoisotopic (exact) mass is 159 g/mol. The van der Waals surface area contributed by atoms with Gasteiger partial charge >= 0.3 is 0 Å². The minimum absolute atomic E-state index is 0.0405. The number of hydrogen-bond donors (Lipinski definition) is 2. The molecule has 2 unspecified atom stereocenters. The number of hydrogen-bond acceptors (Lipinski definition) is 3. The van der Waals surface area contributed by atoms with E-state index < -0.39 is 5.60 Å². The van der Waals surface area contributed by atoms with Crippen molar-refractivity contribution in [2.24, 2.45) is 0 Å². The SMILES string of the molecule is CCC(C)(O)C1CNCCO1. The second-order valence-electron chi connectivity index (χ2n) is 3.27. The number of aliphatic hydroxyl groups is 1. The molecule has 0 aromatic heterocycles. The fourth-order valence-corrected chi connectivity index (χ4v) is 1.19. The molecule has 2 N–H and O–H groups in total. The lowest BCUT2D eigenvalue weighted by atomic mass is 9.95. The Morgan fingerprint density at radius 3 is 2.91 bits per heavy atom. The molecule has 0 aromatic rings. The van der Waals surface area contributed by atoms with Crippen LogP contribution in [0.25, 0.3) is 0 Å². The van der Waals surface area contributed by atoms with Gasteiger partial charge < -0.3 is 15.2 Å². The van der Waals surface area contributed by atoms with Gasteiger partial charge in [0.05, 0.1) is 18.3 Å². The van der Waals surface area contributed by atoms with Crippen molar-refractivity contribution in [3.05, 3.63) is 0 Å². The van der Waals surface area contributed by atoms with Crippen LogP contribution in [0.1, 0.15) is 20.3 Å². The molecular weight excluding hydrogens is 142 g/mol. The summed E-state index contributed by atoms with van der Waals surface area (Å²) in [6.07, 6.45) is 0.695. The van der Waals surface area contributed by atoms with Crippen LogP contribution in [-0.4, -0.2) is 36.5 Å². The summed E-state index contributed by atoms with van der Waals surface area (Å²) in [6.45, 7) is 6.17. The van der Waals surface area contributed by atoms with E-state index in [4.69, 9.17) is 4.74 Å². The highest BCUT2D eigenvalue weighted by Gasteiger charge is 2.31. The summed E-state index contributed by atoms with van der Waals surface area (Å²) in [5.41, 5.74) is -0.673. The van der Waals surface area contributed by atoms with Crippen LogP contribution in [0, 0.1) is 0 Å². The Morgan fingerprint density at radius 2 is 2.45 bits per heavy atom. The number of nitrogens with one attached hydrogen (secondary N) is 1. The Hall–Kier alpha value is -0.120. The lowest BCUT2D eigenvalue weighted by Gasteiger charge is -2.34. The molecule has 1 aliphatic rings. The van der Waals surface area contributed by atoms with Gasteiger partial charge in [0, 0.05) is 13.1 Å². The molecule has 66 valence electrons. The molecule has 0 aliphatic carbocycles. The van der Waals surface area contributed by atoms with Crippen LogP contribution in [-0.2, 0) is 4.74 Å². The van der Waals surface area contributed by atoms with Crippen molar-refractivity contribution in [2.75, 3.05) is 19.7 Å². The molecule has 0 radical (unpaired) electrons. The maximum atomic E-state index is 9.78. The van der Waals surface area contributed by atoms with Crippen molar-refractivity contribution in [2.45, 2.75) is 32.0 Å². The molecule has 1 aliphatic heterocycles. The fraction of sp³-hybridized carbons (Fsp3) is 1.00. The maximum Gasteiger partial charge on any atom is 0.0983 e. The van der Waals surface area contributed by atoms with Gasteiger partial charge in [0.15, 0.2) is 0 Å². The van der Waals surface area contributed by atoms with Crippen LogP contribution in [0.15, 0.2) is 0 Å². The third-order valence-corrected chi connectivity index (χ3v) is 2.34. The first-order valence-electron chi connectivity index (χ1n) is 4.21. The van der Waals surface area contributed by atoms with Gasteiger partial charge in [0.25, 0.3) is 0 Å². The van der Waals surface area contributed by atoms with Gasteiger partial charge in [-0.1, -0.05) is 6.92 Å². The molecule has 11 heavy (non-hydrogen) atoms. The topological polar surface area (TPSA) is 41.5 Å². The van der Waals surface area contributed by atoms with E-state index in [1.165, 1.54) is 0 Å². The van der Waals surface area contributed by atoms with Gasteiger partial charge in [-0.2, -0.15) is 0 Å². The smallest absolute Gasteiger partial charge is 0.0983 e. The maximum absolute atomic E-state index is 9.78. The van der Waals surface area contributed by atoms with Crippen molar-refractivity contribution in [3.63, 3.8) is 0 Å². The predicted octanol–water partition coefficient (Wildman–Crippen LogP) is 0.136. The number of ether oxygens (including phenoxy) is 1. The van der Waals surface area contributed by atoms with Gasteiger partial charge in [-0.25, -0.2) is 0 Å². The molecule has 1 heterocycles. The molecule has 1 rings (SSSR count). The summed E-state index contributed by atoms with van der Waals surface area (Å²) in [5, 5.41) is 13.0. The Morgan fingerprint density at radius 1 is 1.73 bits per heavy atom. The van der Waals surface area contributed by atoms with Crippen LogP contribution < -0.4 is 5.32 Å². The van der Waals surface area contributed by atoms with E-state index in [0.29, 0.717) is 6.61 Å². The molecule has 1 fully saturated rings. The first-order valence-corrected chi connectivity index (χ1v) is 4.21. The Balaban J connectivity index is 2.43. The molecule has 1 saturated heterocycles. The van der Waals surface area contributed by atoms with Gasteiger partial charge in [-0.15, -0.1) is 0 Å². The highest BCUT2D eigenvalue weighted by Crippen LogP contribution is 2.18. The summed E-state index contributed by atoms with van der Waals surface area (Å²) >= 11 is 0. The first kappa shape index (κ1) is 8.97. The van der Waals surface area contributed by atoms with E-state index >= 15 is 0 Å². The summed E-state index contributed by atoms with van der Waals surface area (Å²) in [6, 6.07) is 0. The minimum Gasteiger partial charge on any atom is -0.387 e. The molecule has 0 spiro atoms. The minimum atomic E-state index is -0.673. The highest BCUT2D eigenvalue weighted by molar-refractivity contribution is 4.85. The van der Waals surface area contributed by atoms with Gasteiger partial charge in [-0.3, -0.25) is 0 Å². The quantitative estimate of drug-likeness (QED) is 0.602. The normalized spacial score (nSPS) is 31.4. The lowest BCUT2D eigenvalue weighted by Crippen LogP contribution is -2.51.